The largest absolute Gasteiger partial charge is 0.484 e. The van der Waals surface area contributed by atoms with E-state index in [4.69, 9.17) is 27.9 Å². The minimum absolute atomic E-state index is 0.119. The molecule has 0 radical (unpaired) electrons. The topological polar surface area (TPSA) is 92.8 Å². The van der Waals surface area contributed by atoms with Gasteiger partial charge in [0.25, 0.3) is 0 Å². The maximum atomic E-state index is 12.4. The highest BCUT2D eigenvalue weighted by Gasteiger charge is 2.30. The zero-order valence-corrected chi connectivity index (χ0v) is 18.5. The summed E-state index contributed by atoms with van der Waals surface area (Å²) in [6, 6.07) is 14.3. The molecule has 1 heterocycles. The molecule has 1 saturated carbocycles. The summed E-state index contributed by atoms with van der Waals surface area (Å²) in [6.07, 6.45) is 2.07. The second-order valence-electron chi connectivity index (χ2n) is 6.86. The lowest BCUT2D eigenvalue weighted by atomic mass is 10.2. The zero-order chi connectivity index (χ0) is 21.8. The Kier molecular flexibility index (Phi) is 6.66. The number of nitrogens with zero attached hydrogens (tertiary/aromatic N) is 4. The number of aromatic nitrogens is 3. The molecule has 1 N–H and O–H groups in total. The number of carbonyl (C=O) groups is 1. The molecule has 31 heavy (non-hydrogen) atoms. The molecule has 10 heteroatoms. The van der Waals surface area contributed by atoms with Crippen molar-refractivity contribution in [3.8, 4) is 11.8 Å². The van der Waals surface area contributed by atoms with Gasteiger partial charge in [-0.15, -0.1) is 10.2 Å². The lowest BCUT2D eigenvalue weighted by molar-refractivity contribution is -0.113. The van der Waals surface area contributed by atoms with Gasteiger partial charge >= 0.3 is 0 Å². The van der Waals surface area contributed by atoms with E-state index in [1.165, 1.54) is 11.8 Å². The van der Waals surface area contributed by atoms with Crippen molar-refractivity contribution >= 4 is 46.6 Å². The second-order valence-corrected chi connectivity index (χ2v) is 8.64. The third kappa shape index (κ3) is 5.31. The predicted octanol–water partition coefficient (Wildman–Crippen LogP) is 5.10. The van der Waals surface area contributed by atoms with Crippen LogP contribution in [0.4, 0.5) is 5.69 Å². The molecule has 0 atom stereocenters. The molecule has 0 aliphatic heterocycles. The van der Waals surface area contributed by atoms with Crippen LogP contribution in [-0.4, -0.2) is 26.4 Å². The van der Waals surface area contributed by atoms with Gasteiger partial charge in [0.1, 0.15) is 18.4 Å². The molecular weight excluding hydrogens is 457 g/mol. The van der Waals surface area contributed by atoms with Crippen molar-refractivity contribution in [2.75, 3.05) is 11.1 Å². The fraction of sp³-hybridized carbons (Fsp3) is 0.238. The van der Waals surface area contributed by atoms with E-state index in [1.807, 2.05) is 22.8 Å². The number of thioether (sulfide) groups is 1. The number of anilines is 1. The molecule has 1 aliphatic rings. The minimum atomic E-state index is -0.261. The van der Waals surface area contributed by atoms with Gasteiger partial charge in [0, 0.05) is 11.1 Å². The highest BCUT2D eigenvalue weighted by atomic mass is 35.5. The van der Waals surface area contributed by atoms with Crippen LogP contribution in [0, 0.1) is 11.3 Å². The molecule has 0 bridgehead atoms. The van der Waals surface area contributed by atoms with Crippen LogP contribution in [-0.2, 0) is 11.4 Å². The van der Waals surface area contributed by atoms with Crippen LogP contribution < -0.4 is 10.1 Å². The normalized spacial score (nSPS) is 12.9. The SMILES string of the molecule is N#Cc1ccc(Cl)cc1NC(=O)CSc1nnc(COc2ccccc2Cl)n1C1CC1. The molecular formula is C21H17Cl2N5O2S. The Morgan fingerprint density at radius 3 is 2.81 bits per heavy atom. The third-order valence-electron chi connectivity index (χ3n) is 4.55. The number of nitriles is 1. The molecule has 1 fully saturated rings. The van der Waals surface area contributed by atoms with Gasteiger partial charge < -0.3 is 10.1 Å². The molecule has 2 aromatic carbocycles. The predicted molar refractivity (Wildman–Crippen MR) is 120 cm³/mol. The Morgan fingerprint density at radius 2 is 2.06 bits per heavy atom. The highest BCUT2D eigenvalue weighted by molar-refractivity contribution is 7.99. The smallest absolute Gasteiger partial charge is 0.234 e. The number of amides is 1. The van der Waals surface area contributed by atoms with E-state index in [2.05, 4.69) is 15.5 Å². The first-order chi connectivity index (χ1) is 15.0. The Balaban J connectivity index is 1.41. The van der Waals surface area contributed by atoms with Crippen LogP contribution in [0.25, 0.3) is 0 Å². The number of rotatable bonds is 8. The number of hydrogen-bond donors (Lipinski definition) is 1. The zero-order valence-electron chi connectivity index (χ0n) is 16.2. The van der Waals surface area contributed by atoms with Gasteiger partial charge in [-0.3, -0.25) is 9.36 Å². The van der Waals surface area contributed by atoms with E-state index in [0.717, 1.165) is 12.8 Å². The molecule has 4 rings (SSSR count). The van der Waals surface area contributed by atoms with Crippen molar-refractivity contribution in [3.63, 3.8) is 0 Å². The van der Waals surface area contributed by atoms with Crippen molar-refractivity contribution in [1.82, 2.24) is 14.8 Å². The van der Waals surface area contributed by atoms with E-state index in [9.17, 15) is 10.1 Å². The average molecular weight is 474 g/mol. The summed E-state index contributed by atoms with van der Waals surface area (Å²) in [7, 11) is 0. The van der Waals surface area contributed by atoms with Gasteiger partial charge in [-0.25, -0.2) is 0 Å². The first-order valence-electron chi connectivity index (χ1n) is 9.48. The second kappa shape index (κ2) is 9.60. The van der Waals surface area contributed by atoms with Crippen LogP contribution in [0.2, 0.25) is 10.0 Å². The number of nitrogens with one attached hydrogen (secondary N) is 1. The summed E-state index contributed by atoms with van der Waals surface area (Å²) in [6.45, 7) is 0.230. The Labute approximate surface area is 193 Å². The number of benzene rings is 2. The summed E-state index contributed by atoms with van der Waals surface area (Å²) >= 11 is 13.4. The number of hydrogen-bond acceptors (Lipinski definition) is 6. The quantitative estimate of drug-likeness (QED) is 0.457. The first-order valence-corrected chi connectivity index (χ1v) is 11.2. The van der Waals surface area contributed by atoms with Crippen molar-refractivity contribution in [1.29, 1.82) is 5.26 Å². The van der Waals surface area contributed by atoms with Crippen LogP contribution in [0.15, 0.2) is 47.6 Å². The first kappa shape index (κ1) is 21.5. The standard InChI is InChI=1S/C21H17Cl2N5O2S/c22-14-6-5-13(10-24)17(9-14)25-20(29)12-31-21-27-26-19(28(21)15-7-8-15)11-30-18-4-2-1-3-16(18)23/h1-6,9,15H,7-8,11-12H2,(H,25,29). The van der Waals surface area contributed by atoms with Gasteiger partial charge in [0.05, 0.1) is 22.0 Å². The van der Waals surface area contributed by atoms with E-state index < -0.39 is 0 Å². The monoisotopic (exact) mass is 473 g/mol. The van der Waals surface area contributed by atoms with Gasteiger partial charge in [-0.2, -0.15) is 5.26 Å². The van der Waals surface area contributed by atoms with Gasteiger partial charge in [0.15, 0.2) is 11.0 Å². The minimum Gasteiger partial charge on any atom is -0.484 e. The van der Waals surface area contributed by atoms with Crippen LogP contribution in [0.1, 0.15) is 30.3 Å². The number of halogens is 2. The van der Waals surface area contributed by atoms with Crippen LogP contribution in [0.3, 0.4) is 0 Å². The Bertz CT molecular complexity index is 1160. The summed E-state index contributed by atoms with van der Waals surface area (Å²) in [5.41, 5.74) is 0.737. The Hall–Kier alpha value is -2.73. The maximum Gasteiger partial charge on any atom is 0.234 e. The summed E-state index contributed by atoms with van der Waals surface area (Å²) < 4.78 is 7.83. The molecule has 0 spiro atoms. The molecule has 1 aliphatic carbocycles. The molecule has 1 amide bonds. The number of ether oxygens (including phenoxy) is 1. The van der Waals surface area contributed by atoms with E-state index in [1.54, 1.807) is 30.3 Å². The summed E-state index contributed by atoms with van der Waals surface area (Å²) in [4.78, 5) is 12.4. The van der Waals surface area contributed by atoms with E-state index in [-0.39, 0.29) is 18.3 Å². The van der Waals surface area contributed by atoms with Crippen molar-refractivity contribution in [3.05, 3.63) is 63.9 Å². The van der Waals surface area contributed by atoms with Gasteiger partial charge in [0.2, 0.25) is 5.91 Å². The molecule has 3 aromatic rings. The van der Waals surface area contributed by atoms with Crippen molar-refractivity contribution < 1.29 is 9.53 Å². The lowest BCUT2D eigenvalue weighted by Gasteiger charge is -2.11. The molecule has 1 aromatic heterocycles. The molecule has 158 valence electrons. The van der Waals surface area contributed by atoms with Crippen molar-refractivity contribution in [2.24, 2.45) is 0 Å². The molecule has 0 saturated heterocycles. The molecule has 0 unspecified atom stereocenters. The van der Waals surface area contributed by atoms with E-state index >= 15 is 0 Å². The maximum absolute atomic E-state index is 12.4. The number of para-hydroxylation sites is 1. The lowest BCUT2D eigenvalue weighted by Crippen LogP contribution is -2.15. The highest BCUT2D eigenvalue weighted by Crippen LogP contribution is 2.39. The van der Waals surface area contributed by atoms with Crippen LogP contribution in [0.5, 0.6) is 5.75 Å². The average Bonchev–Trinajstić information content (AvgIpc) is 3.52. The summed E-state index contributed by atoms with van der Waals surface area (Å²) in [5, 5.41) is 22.1. The summed E-state index contributed by atoms with van der Waals surface area (Å²) in [5.74, 6) is 1.13. The van der Waals surface area contributed by atoms with Gasteiger partial charge in [-0.05, 0) is 43.2 Å². The van der Waals surface area contributed by atoms with Gasteiger partial charge in [-0.1, -0.05) is 47.1 Å². The molecule has 7 nitrogen and oxygen atoms in total. The van der Waals surface area contributed by atoms with Crippen LogP contribution >= 0.6 is 35.0 Å². The fourth-order valence-electron chi connectivity index (χ4n) is 2.94. The Morgan fingerprint density at radius 1 is 1.26 bits per heavy atom. The van der Waals surface area contributed by atoms with Crippen molar-refractivity contribution in [2.45, 2.75) is 30.6 Å². The fourth-order valence-corrected chi connectivity index (χ4v) is 4.13. The van der Waals surface area contributed by atoms with E-state index in [0.29, 0.717) is 44.1 Å². The number of carbonyl (C=O) groups excluding carboxylic acids is 1. The third-order valence-corrected chi connectivity index (χ3v) is 6.04.